The van der Waals surface area contributed by atoms with E-state index in [1.807, 2.05) is 225 Å². The van der Waals surface area contributed by atoms with Gasteiger partial charge in [0.1, 0.15) is 34.2 Å². The van der Waals surface area contributed by atoms with Crippen LogP contribution in [-0.2, 0) is 7.05 Å². The summed E-state index contributed by atoms with van der Waals surface area (Å²) in [5.74, 6) is 19.4. The Morgan fingerprint density at radius 2 is 0.715 bits per heavy atom. The number of aryl methyl sites for hydroxylation is 4. The Morgan fingerprint density at radius 1 is 0.362 bits per heavy atom. The molecule has 21 aromatic rings. The first kappa shape index (κ1) is 81.6. The Hall–Kier alpha value is -18.1. The van der Waals surface area contributed by atoms with Crippen LogP contribution in [0.1, 0.15) is 138 Å². The lowest BCUT2D eigenvalue weighted by Crippen LogP contribution is -2.33. The van der Waals surface area contributed by atoms with Gasteiger partial charge in [0.25, 0.3) is 34.4 Å². The number of aromatic amines is 1. The fourth-order valence-electron chi connectivity index (χ4n) is 16.2. The zero-order chi connectivity index (χ0) is 89.4. The van der Waals surface area contributed by atoms with E-state index in [1.54, 1.807) is 142 Å². The smallest absolute Gasteiger partial charge is 0.267 e. The minimum absolute atomic E-state index is 0.269. The fourth-order valence-corrected chi connectivity index (χ4v) is 16.2. The van der Waals surface area contributed by atoms with Gasteiger partial charge in [-0.1, -0.05) is 151 Å². The van der Waals surface area contributed by atoms with Gasteiger partial charge >= 0.3 is 0 Å². The van der Waals surface area contributed by atoms with Gasteiger partial charge < -0.3 is 25.5 Å². The van der Waals surface area contributed by atoms with E-state index in [0.29, 0.717) is 135 Å². The summed E-state index contributed by atoms with van der Waals surface area (Å²) in [4.78, 5) is 115. The topological polar surface area (TPSA) is 321 Å². The average molecular weight is 1710 g/mol. The molecule has 0 saturated carbocycles. The Balaban J connectivity index is 0.000000126. The number of hydrogen-bond acceptors (Lipinski definition) is 16. The van der Waals surface area contributed by atoms with Crippen LogP contribution in [0.15, 0.2) is 307 Å². The molecule has 0 bridgehead atoms. The lowest BCUT2D eigenvalue weighted by Gasteiger charge is -2.20. The number of benzene rings is 8. The van der Waals surface area contributed by atoms with Crippen molar-refractivity contribution in [1.29, 1.82) is 0 Å². The monoisotopic (exact) mass is 1700 g/mol. The van der Waals surface area contributed by atoms with Crippen molar-refractivity contribution >= 4 is 94.7 Å². The van der Waals surface area contributed by atoms with Crippen LogP contribution >= 0.6 is 0 Å². The minimum atomic E-state index is -0.642. The summed E-state index contributed by atoms with van der Waals surface area (Å²) in [6, 6.07) is 69.3. The molecule has 0 aliphatic carbocycles. The number of nitrogens with zero attached hydrogens (tertiary/aromatic N) is 18. The molecule has 21 rings (SSSR count). The molecule has 0 aliphatic rings. The number of rotatable bonds is 12. The maximum absolute atomic E-state index is 14.4. The van der Waals surface area contributed by atoms with E-state index in [0.717, 1.165) is 44.0 Å². The van der Waals surface area contributed by atoms with Crippen LogP contribution in [0.25, 0.3) is 94.0 Å². The van der Waals surface area contributed by atoms with Gasteiger partial charge in [-0.25, -0.2) is 48.0 Å². The highest BCUT2D eigenvalue weighted by atomic mass is 16.2. The zero-order valence-electron chi connectivity index (χ0n) is 70.9. The largest absolute Gasteiger partial charge is 0.360 e. The first-order valence-corrected chi connectivity index (χ1v) is 41.6. The first-order chi connectivity index (χ1) is 63.4. The highest BCUT2D eigenvalue weighted by molar-refractivity contribution is 6.03. The van der Waals surface area contributed by atoms with Crippen molar-refractivity contribution in [2.24, 2.45) is 7.05 Å². The van der Waals surface area contributed by atoms with Gasteiger partial charge in [-0.15, -0.1) is 0 Å². The first-order valence-electron chi connectivity index (χ1n) is 41.6. The van der Waals surface area contributed by atoms with Gasteiger partial charge in [0, 0.05) is 101 Å². The highest BCUT2D eigenvalue weighted by Crippen LogP contribution is 2.29. The third-order valence-corrected chi connectivity index (χ3v) is 22.3. The molecular formula is C102H76N22O6. The summed E-state index contributed by atoms with van der Waals surface area (Å²) in [5, 5.41) is 29.9. The summed E-state index contributed by atoms with van der Waals surface area (Å²) in [6.45, 7) is 10.7. The molecular weight excluding hydrogens is 1630 g/mol. The molecule has 13 heterocycles. The molecule has 0 spiro atoms. The number of fused-ring (bicyclic) bond motifs is 9. The number of H-pyrrole nitrogens is 1. The number of nitrogens with one attached hydrogen (secondary N) is 4. The number of hydrogen-bond donors (Lipinski definition) is 4. The second-order valence-corrected chi connectivity index (χ2v) is 30.8. The van der Waals surface area contributed by atoms with Crippen LogP contribution in [0.2, 0.25) is 0 Å². The summed E-state index contributed by atoms with van der Waals surface area (Å²) < 4.78 is 13.1. The Kier molecular flexibility index (Phi) is 21.7. The quantitative estimate of drug-likeness (QED) is 0.0826. The number of amides is 3. The molecule has 0 unspecified atom stereocenters. The predicted molar refractivity (Wildman–Crippen MR) is 497 cm³/mol. The summed E-state index contributed by atoms with van der Waals surface area (Å²) in [5.41, 5.74) is 13.8. The normalized spacial score (nSPS) is 11.9. The molecule has 0 fully saturated rings. The second-order valence-electron chi connectivity index (χ2n) is 30.8. The molecule has 630 valence electrons. The fraction of sp³-hybridized carbons (Fsp3) is 0.0980. The standard InChI is InChI=1S/C35H27N7O2.C34H25N7O2.C33H24N8O2/c1-22-30(33-36-19-10-20-41(33)39-22)34(43)37-23(2)32-38-28-15-9-11-24(31(28)35(44)42(32)26-12-5-4-6-13-26)17-18-25-21-40(3)29-16-8-7-14-27(25)29;1-21-29(32-35-18-9-19-40(32)39-21)33(42)37-22(2)31-38-28-15-8-10-23(16-17-24-20-36-27-14-7-6-13-26(24)27)30(28)34(43)41(31)25-11-4-3-5-12-25;1-21-28(31-34-17-9-19-40(31)38-21)32(42)36-22(2)30-37-26-13-8-10-23(15-16-24-20-35-39-18-7-6-14-27(24)39)29(26)33(43)41(30)25-11-4-3-5-12-25/h4-16,19-21,23H,1-3H3,(H,37,43);3-15,18-20,22,36H,1-2H3,(H,37,42);3-14,17-20,22H,1-2H3,(H,36,42)/t23-;2*22-/m000/s1. The van der Waals surface area contributed by atoms with Crippen LogP contribution in [0.5, 0.6) is 0 Å². The maximum atomic E-state index is 14.4. The van der Waals surface area contributed by atoms with Crippen LogP contribution in [0.4, 0.5) is 0 Å². The van der Waals surface area contributed by atoms with Gasteiger partial charge in [-0.05, 0) is 157 Å². The molecule has 13 aromatic heterocycles. The van der Waals surface area contributed by atoms with E-state index in [9.17, 15) is 28.8 Å². The van der Waals surface area contributed by atoms with E-state index in [-0.39, 0.29) is 34.4 Å². The average Bonchev–Trinajstić information content (AvgIpc) is 1.15. The van der Waals surface area contributed by atoms with E-state index in [2.05, 4.69) is 97.9 Å². The number of carbonyl (C=O) groups excluding carboxylic acids is 3. The van der Waals surface area contributed by atoms with Crippen LogP contribution in [0.3, 0.4) is 0 Å². The maximum Gasteiger partial charge on any atom is 0.267 e. The molecule has 28 nitrogen and oxygen atoms in total. The Bertz CT molecular complexity index is 8210. The lowest BCUT2D eigenvalue weighted by atomic mass is 10.1. The number of carbonyl (C=O) groups is 3. The Labute approximate surface area is 739 Å². The van der Waals surface area contributed by atoms with Crippen molar-refractivity contribution in [3.63, 3.8) is 0 Å². The zero-order valence-corrected chi connectivity index (χ0v) is 70.9. The van der Waals surface area contributed by atoms with Crippen LogP contribution < -0.4 is 32.6 Å². The van der Waals surface area contributed by atoms with Crippen molar-refractivity contribution in [2.45, 2.75) is 59.7 Å². The predicted octanol–water partition coefficient (Wildman–Crippen LogP) is 14.5. The van der Waals surface area contributed by atoms with Gasteiger partial charge in [-0.2, -0.15) is 20.4 Å². The van der Waals surface area contributed by atoms with E-state index >= 15 is 0 Å². The SMILES string of the molecule is Cc1nn2cccnc2c1C(=O)N[C@@H](C)c1nc2cccc(C#Cc3c[nH]c4ccccc34)c2c(=O)n1-c1ccccc1.Cc1nn2cccnc2c1C(=O)N[C@@H](C)c1nc2cccc(C#Cc3cn(C)c4ccccc34)c2c(=O)n1-c1ccccc1.Cc1nn2cccnc2c1C(=O)N[C@@H](C)c1nc2cccc(C#Cc3cnn4ccccc34)c2c(=O)n1-c1ccccc1. The molecule has 130 heavy (non-hydrogen) atoms. The molecule has 0 radical (unpaired) electrons. The van der Waals surface area contributed by atoms with Gasteiger partial charge in [0.15, 0.2) is 16.9 Å². The van der Waals surface area contributed by atoms with Crippen molar-refractivity contribution in [2.75, 3.05) is 0 Å². The Morgan fingerprint density at radius 3 is 1.15 bits per heavy atom. The second kappa shape index (κ2) is 34.5. The molecule has 28 heteroatoms. The third-order valence-electron chi connectivity index (χ3n) is 22.3. The van der Waals surface area contributed by atoms with Crippen LogP contribution in [0, 0.1) is 56.3 Å². The van der Waals surface area contributed by atoms with Crippen molar-refractivity contribution in [1.82, 2.24) is 108 Å². The summed E-state index contributed by atoms with van der Waals surface area (Å²) >= 11 is 0. The summed E-state index contributed by atoms with van der Waals surface area (Å²) in [6.07, 6.45) is 17.5. The molecule has 0 aliphatic heterocycles. The van der Waals surface area contributed by atoms with Gasteiger partial charge in [0.05, 0.1) is 113 Å². The van der Waals surface area contributed by atoms with Crippen LogP contribution in [-0.4, -0.2) is 109 Å². The minimum Gasteiger partial charge on any atom is -0.360 e. The van der Waals surface area contributed by atoms with E-state index < -0.39 is 18.1 Å². The number of para-hydroxylation sites is 5. The molecule has 8 aromatic carbocycles. The van der Waals surface area contributed by atoms with Crippen molar-refractivity contribution in [3.8, 4) is 52.6 Å². The van der Waals surface area contributed by atoms with Crippen molar-refractivity contribution in [3.05, 3.63) is 408 Å². The summed E-state index contributed by atoms with van der Waals surface area (Å²) in [7, 11) is 1.99. The number of pyridine rings is 1. The van der Waals surface area contributed by atoms with E-state index in [1.165, 1.54) is 4.57 Å². The molecule has 0 saturated heterocycles. The molecule has 3 amide bonds. The molecule has 3 atom stereocenters. The third kappa shape index (κ3) is 15.4. The van der Waals surface area contributed by atoms with Crippen molar-refractivity contribution < 1.29 is 14.4 Å². The lowest BCUT2D eigenvalue weighted by molar-refractivity contribution is 0.0930. The number of aromatic nitrogens is 19. The van der Waals surface area contributed by atoms with Gasteiger partial charge in [-0.3, -0.25) is 42.5 Å². The highest BCUT2D eigenvalue weighted by Gasteiger charge is 2.30. The van der Waals surface area contributed by atoms with E-state index in [4.69, 9.17) is 15.0 Å². The molecule has 4 N–H and O–H groups in total. The van der Waals surface area contributed by atoms with Gasteiger partial charge in [0.2, 0.25) is 0 Å².